The molecule has 2 fully saturated rings. The van der Waals surface area contributed by atoms with E-state index in [4.69, 9.17) is 15.2 Å². The molecular formula is C14H19NO3S. The molecule has 1 aliphatic heterocycles. The van der Waals surface area contributed by atoms with Crippen LogP contribution in [0.15, 0.2) is 11.4 Å². The summed E-state index contributed by atoms with van der Waals surface area (Å²) in [5, 5.41) is 1.81. The average molecular weight is 281 g/mol. The van der Waals surface area contributed by atoms with Crippen LogP contribution in [-0.4, -0.2) is 24.3 Å². The number of thiophene rings is 1. The molecule has 19 heavy (non-hydrogen) atoms. The number of nitrogen functional groups attached to an aromatic ring is 1. The molecule has 1 saturated heterocycles. The van der Waals surface area contributed by atoms with Gasteiger partial charge in [0.15, 0.2) is 0 Å². The van der Waals surface area contributed by atoms with E-state index in [2.05, 4.69) is 0 Å². The second-order valence-corrected chi connectivity index (χ2v) is 6.38. The number of hydrogen-bond donors (Lipinski definition) is 1. The number of hydrogen-bond acceptors (Lipinski definition) is 5. The summed E-state index contributed by atoms with van der Waals surface area (Å²) < 4.78 is 11.6. The molecule has 2 N–H and O–H groups in total. The van der Waals surface area contributed by atoms with Crippen molar-refractivity contribution in [1.82, 2.24) is 0 Å². The third kappa shape index (κ3) is 2.62. The predicted molar refractivity (Wildman–Crippen MR) is 74.3 cm³/mol. The van der Waals surface area contributed by atoms with E-state index in [9.17, 15) is 4.79 Å². The van der Waals surface area contributed by atoms with Crippen LogP contribution in [0.4, 0.5) is 5.69 Å². The molecule has 1 aliphatic carbocycles. The molecule has 3 rings (SSSR count). The highest BCUT2D eigenvalue weighted by Crippen LogP contribution is 2.41. The van der Waals surface area contributed by atoms with E-state index < -0.39 is 0 Å². The van der Waals surface area contributed by atoms with Gasteiger partial charge in [-0.1, -0.05) is 12.8 Å². The molecule has 0 aromatic carbocycles. The van der Waals surface area contributed by atoms with E-state index in [1.54, 1.807) is 6.07 Å². The summed E-state index contributed by atoms with van der Waals surface area (Å²) in [6.45, 7) is 0.692. The molecule has 1 atom stereocenters. The maximum absolute atomic E-state index is 12.1. The first-order chi connectivity index (χ1) is 9.19. The Balaban J connectivity index is 1.63. The smallest absolute Gasteiger partial charge is 0.350 e. The van der Waals surface area contributed by atoms with E-state index >= 15 is 0 Å². The van der Waals surface area contributed by atoms with Gasteiger partial charge in [0.2, 0.25) is 0 Å². The van der Waals surface area contributed by atoms with Crippen LogP contribution in [-0.2, 0) is 9.47 Å². The van der Waals surface area contributed by atoms with Crippen molar-refractivity contribution >= 4 is 23.0 Å². The summed E-state index contributed by atoms with van der Waals surface area (Å²) in [4.78, 5) is 12.6. The molecule has 0 bridgehead atoms. The fraction of sp³-hybridized carbons (Fsp3) is 0.643. The lowest BCUT2D eigenvalue weighted by Gasteiger charge is -2.37. The van der Waals surface area contributed by atoms with Crippen LogP contribution in [0.3, 0.4) is 0 Å². The Labute approximate surface area is 116 Å². The van der Waals surface area contributed by atoms with Crippen LogP contribution in [0.25, 0.3) is 0 Å². The van der Waals surface area contributed by atoms with E-state index in [0.29, 0.717) is 17.2 Å². The molecule has 1 aromatic rings. The van der Waals surface area contributed by atoms with Gasteiger partial charge in [-0.2, -0.15) is 0 Å². The highest BCUT2D eigenvalue weighted by molar-refractivity contribution is 7.12. The van der Waals surface area contributed by atoms with E-state index in [1.807, 2.05) is 5.38 Å². The first-order valence-corrected chi connectivity index (χ1v) is 7.74. The fourth-order valence-corrected chi connectivity index (χ4v) is 3.84. The number of carbonyl (C=O) groups is 1. The van der Waals surface area contributed by atoms with Crippen LogP contribution >= 0.6 is 11.3 Å². The van der Waals surface area contributed by atoms with Crippen molar-refractivity contribution in [2.45, 2.75) is 50.2 Å². The SMILES string of the molecule is Nc1ccsc1C(=O)OC1CCOC2(CCCC2)C1. The Morgan fingerprint density at radius 3 is 2.95 bits per heavy atom. The highest BCUT2D eigenvalue weighted by Gasteiger charge is 2.41. The monoisotopic (exact) mass is 281 g/mol. The van der Waals surface area contributed by atoms with Gasteiger partial charge >= 0.3 is 5.97 Å². The van der Waals surface area contributed by atoms with Gasteiger partial charge in [0.1, 0.15) is 11.0 Å². The molecule has 104 valence electrons. The molecule has 2 heterocycles. The highest BCUT2D eigenvalue weighted by atomic mass is 32.1. The number of nitrogens with two attached hydrogens (primary N) is 1. The third-order valence-electron chi connectivity index (χ3n) is 4.12. The zero-order valence-electron chi connectivity index (χ0n) is 10.9. The van der Waals surface area contributed by atoms with Crippen LogP contribution in [0.1, 0.15) is 48.2 Å². The number of anilines is 1. The Kier molecular flexibility index (Phi) is 3.50. The predicted octanol–water partition coefficient (Wildman–Crippen LogP) is 2.98. The molecule has 1 aromatic heterocycles. The van der Waals surface area contributed by atoms with Crippen molar-refractivity contribution in [2.75, 3.05) is 12.3 Å². The summed E-state index contributed by atoms with van der Waals surface area (Å²) in [5.41, 5.74) is 6.24. The topological polar surface area (TPSA) is 61.6 Å². The van der Waals surface area contributed by atoms with Crippen LogP contribution in [0.5, 0.6) is 0 Å². The largest absolute Gasteiger partial charge is 0.458 e. The Hall–Kier alpha value is -1.07. The molecule has 2 aliphatic rings. The second-order valence-electron chi connectivity index (χ2n) is 5.46. The summed E-state index contributed by atoms with van der Waals surface area (Å²) >= 11 is 1.34. The standard InChI is InChI=1S/C14H19NO3S/c15-11-4-8-19-12(11)13(16)18-10-3-7-17-14(9-10)5-1-2-6-14/h4,8,10H,1-3,5-7,9,15H2. The van der Waals surface area contributed by atoms with Gasteiger partial charge in [-0.15, -0.1) is 11.3 Å². The van der Waals surface area contributed by atoms with E-state index in [0.717, 1.165) is 25.7 Å². The number of ether oxygens (including phenoxy) is 2. The van der Waals surface area contributed by atoms with E-state index in [-0.39, 0.29) is 17.7 Å². The van der Waals surface area contributed by atoms with Crippen LogP contribution < -0.4 is 5.73 Å². The van der Waals surface area contributed by atoms with Gasteiger partial charge in [-0.05, 0) is 24.3 Å². The van der Waals surface area contributed by atoms with Crippen molar-refractivity contribution in [1.29, 1.82) is 0 Å². The quantitative estimate of drug-likeness (QED) is 0.847. The minimum atomic E-state index is -0.285. The second kappa shape index (κ2) is 5.13. The van der Waals surface area contributed by atoms with Crippen molar-refractivity contribution in [2.24, 2.45) is 0 Å². The molecule has 1 spiro atoms. The van der Waals surface area contributed by atoms with Gasteiger partial charge in [0.25, 0.3) is 0 Å². The zero-order chi connectivity index (χ0) is 13.3. The molecule has 0 radical (unpaired) electrons. The minimum absolute atomic E-state index is 0.0236. The van der Waals surface area contributed by atoms with Crippen molar-refractivity contribution in [3.8, 4) is 0 Å². The molecule has 5 heteroatoms. The summed E-state index contributed by atoms with van der Waals surface area (Å²) in [7, 11) is 0. The lowest BCUT2D eigenvalue weighted by molar-refractivity contribution is -0.117. The summed E-state index contributed by atoms with van der Waals surface area (Å²) in [5.74, 6) is -0.285. The maximum Gasteiger partial charge on any atom is 0.350 e. The maximum atomic E-state index is 12.1. The Morgan fingerprint density at radius 2 is 2.26 bits per heavy atom. The van der Waals surface area contributed by atoms with Crippen molar-refractivity contribution < 1.29 is 14.3 Å². The Bertz CT molecular complexity index is 465. The first kappa shape index (κ1) is 12.9. The normalized spacial score (nSPS) is 25.6. The minimum Gasteiger partial charge on any atom is -0.458 e. The average Bonchev–Trinajstić information content (AvgIpc) is 2.99. The lowest BCUT2D eigenvalue weighted by Crippen LogP contribution is -2.41. The van der Waals surface area contributed by atoms with Crippen molar-refractivity contribution in [3.05, 3.63) is 16.3 Å². The third-order valence-corrected chi connectivity index (χ3v) is 5.03. The molecule has 1 saturated carbocycles. The van der Waals surface area contributed by atoms with Crippen LogP contribution in [0.2, 0.25) is 0 Å². The number of carbonyl (C=O) groups excluding carboxylic acids is 1. The summed E-state index contributed by atoms with van der Waals surface area (Å²) in [6, 6.07) is 1.74. The number of esters is 1. The molecule has 1 unspecified atom stereocenters. The van der Waals surface area contributed by atoms with Gasteiger partial charge in [0.05, 0.1) is 17.9 Å². The molecule has 0 amide bonds. The fourth-order valence-electron chi connectivity index (χ4n) is 3.14. The molecular weight excluding hydrogens is 262 g/mol. The van der Waals surface area contributed by atoms with Crippen molar-refractivity contribution in [3.63, 3.8) is 0 Å². The first-order valence-electron chi connectivity index (χ1n) is 6.86. The van der Waals surface area contributed by atoms with Gasteiger partial charge < -0.3 is 15.2 Å². The Morgan fingerprint density at radius 1 is 1.47 bits per heavy atom. The van der Waals surface area contributed by atoms with Crippen LogP contribution in [0, 0.1) is 0 Å². The number of rotatable bonds is 2. The molecule has 4 nitrogen and oxygen atoms in total. The summed E-state index contributed by atoms with van der Waals surface area (Å²) in [6.07, 6.45) is 6.24. The lowest BCUT2D eigenvalue weighted by atomic mass is 9.90. The van der Waals surface area contributed by atoms with Gasteiger partial charge in [-0.25, -0.2) is 4.79 Å². The zero-order valence-corrected chi connectivity index (χ0v) is 11.7. The van der Waals surface area contributed by atoms with Gasteiger partial charge in [0, 0.05) is 12.8 Å². The van der Waals surface area contributed by atoms with E-state index in [1.165, 1.54) is 24.2 Å². The van der Waals surface area contributed by atoms with Gasteiger partial charge in [-0.3, -0.25) is 0 Å².